The molecule has 3 nitrogen and oxygen atoms in total. The van der Waals surface area contributed by atoms with Gasteiger partial charge < -0.3 is 13.9 Å². The van der Waals surface area contributed by atoms with E-state index in [1.165, 1.54) is 0 Å². The highest BCUT2D eigenvalue weighted by molar-refractivity contribution is 6.71. The molecule has 0 aliphatic carbocycles. The zero-order valence-corrected chi connectivity index (χ0v) is 9.13. The van der Waals surface area contributed by atoms with Crippen LogP contribution in [0.1, 0.15) is 6.92 Å². The number of hydrogen-bond acceptors (Lipinski definition) is 3. The summed E-state index contributed by atoms with van der Waals surface area (Å²) in [5, 5.41) is 0. The summed E-state index contributed by atoms with van der Waals surface area (Å²) in [4.78, 5) is 0. The first-order valence-corrected chi connectivity index (χ1v) is 7.59. The Morgan fingerprint density at radius 1 is 1.50 bits per heavy atom. The molecule has 1 heterocycles. The van der Waals surface area contributed by atoms with Gasteiger partial charge in [-0.3, -0.25) is 0 Å². The predicted molar refractivity (Wildman–Crippen MR) is 49.7 cm³/mol. The van der Waals surface area contributed by atoms with Crippen molar-refractivity contribution in [2.45, 2.75) is 26.1 Å². The minimum atomic E-state index is -1.52. The highest BCUT2D eigenvalue weighted by atomic mass is 28.4. The lowest BCUT2D eigenvalue weighted by Crippen LogP contribution is -2.37. The van der Waals surface area contributed by atoms with Gasteiger partial charge in [0.05, 0.1) is 19.4 Å². The van der Waals surface area contributed by atoms with Gasteiger partial charge in [-0.1, -0.05) is 0 Å². The van der Waals surface area contributed by atoms with E-state index in [2.05, 4.69) is 13.1 Å². The first kappa shape index (κ1) is 10.2. The summed E-state index contributed by atoms with van der Waals surface area (Å²) in [5.41, 5.74) is 0. The van der Waals surface area contributed by atoms with Gasteiger partial charge >= 0.3 is 0 Å². The smallest absolute Gasteiger partial charge is 0.211 e. The second-order valence-corrected chi connectivity index (χ2v) is 7.76. The zero-order chi connectivity index (χ0) is 9.03. The summed E-state index contributed by atoms with van der Waals surface area (Å²) in [7, 11) is -1.52. The molecule has 0 bridgehead atoms. The molecule has 0 spiro atoms. The van der Waals surface area contributed by atoms with Crippen LogP contribution in [0.4, 0.5) is 0 Å². The summed E-state index contributed by atoms with van der Waals surface area (Å²) in [6.45, 7) is 8.77. The van der Waals surface area contributed by atoms with Gasteiger partial charge in [0.1, 0.15) is 6.10 Å². The Morgan fingerprint density at radius 2 is 2.17 bits per heavy atom. The average Bonchev–Trinajstić information content (AvgIpc) is 2.70. The first-order valence-electron chi connectivity index (χ1n) is 4.47. The summed E-state index contributed by atoms with van der Waals surface area (Å²) >= 11 is 0. The van der Waals surface area contributed by atoms with E-state index in [1.807, 2.05) is 6.92 Å². The highest BCUT2D eigenvalue weighted by Crippen LogP contribution is 2.10. The van der Waals surface area contributed by atoms with Crippen molar-refractivity contribution in [1.29, 1.82) is 0 Å². The van der Waals surface area contributed by atoms with E-state index >= 15 is 0 Å². The topological polar surface area (TPSA) is 31.0 Å². The number of ether oxygens (including phenoxy) is 2. The minimum Gasteiger partial charge on any atom is -0.415 e. The Labute approximate surface area is 75.1 Å². The molecule has 0 amide bonds. The predicted octanol–water partition coefficient (Wildman–Crippen LogP) is 1.18. The Morgan fingerprint density at radius 3 is 2.67 bits per heavy atom. The fourth-order valence-electron chi connectivity index (χ4n) is 1.03. The monoisotopic (exact) mass is 190 g/mol. The maximum atomic E-state index is 5.60. The van der Waals surface area contributed by atoms with Crippen molar-refractivity contribution in [3.63, 3.8) is 0 Å². The van der Waals surface area contributed by atoms with E-state index in [0.717, 1.165) is 26.1 Å². The summed E-state index contributed by atoms with van der Waals surface area (Å²) in [6.07, 6.45) is 1.15. The van der Waals surface area contributed by atoms with E-state index < -0.39 is 8.32 Å². The Hall–Kier alpha value is 0.0969. The van der Waals surface area contributed by atoms with Crippen LogP contribution in [-0.2, 0) is 13.9 Å². The van der Waals surface area contributed by atoms with Gasteiger partial charge in [0.25, 0.3) is 0 Å². The van der Waals surface area contributed by atoms with Crippen molar-refractivity contribution in [1.82, 2.24) is 0 Å². The third-order valence-electron chi connectivity index (χ3n) is 1.69. The molecule has 1 atom stereocenters. The number of hydrogen-bond donors (Lipinski definition) is 0. The quantitative estimate of drug-likeness (QED) is 0.465. The van der Waals surface area contributed by atoms with E-state index in [0.29, 0.717) is 6.10 Å². The molecule has 0 aromatic rings. The molecule has 1 fully saturated rings. The van der Waals surface area contributed by atoms with E-state index in [4.69, 9.17) is 13.9 Å². The Kier molecular flexibility index (Phi) is 3.70. The van der Waals surface area contributed by atoms with E-state index in [1.54, 1.807) is 0 Å². The SMILES string of the molecule is CCO[Si](C)(C)COCC1CO1. The van der Waals surface area contributed by atoms with E-state index in [9.17, 15) is 0 Å². The summed E-state index contributed by atoms with van der Waals surface area (Å²) < 4.78 is 16.1. The molecular weight excluding hydrogens is 172 g/mol. The fourth-order valence-corrected chi connectivity index (χ4v) is 2.51. The molecule has 0 aromatic heterocycles. The molecule has 72 valence electrons. The van der Waals surface area contributed by atoms with Crippen LogP contribution in [0.5, 0.6) is 0 Å². The molecule has 4 heteroatoms. The number of rotatable bonds is 6. The summed E-state index contributed by atoms with van der Waals surface area (Å²) in [5.74, 6) is 0. The average molecular weight is 190 g/mol. The molecule has 1 rings (SSSR count). The lowest BCUT2D eigenvalue weighted by molar-refractivity contribution is 0.136. The van der Waals surface area contributed by atoms with E-state index in [-0.39, 0.29) is 0 Å². The van der Waals surface area contributed by atoms with Crippen LogP contribution in [-0.4, -0.2) is 40.5 Å². The molecule has 0 aromatic carbocycles. The molecule has 0 N–H and O–H groups in total. The standard InChI is InChI=1S/C8H18O3Si/c1-4-11-12(2,3)7-9-5-8-6-10-8/h8H,4-7H2,1-3H3. The fraction of sp³-hybridized carbons (Fsp3) is 1.00. The lowest BCUT2D eigenvalue weighted by atomic mass is 10.5. The first-order chi connectivity index (χ1) is 5.64. The van der Waals surface area contributed by atoms with Crippen molar-refractivity contribution in [2.75, 3.05) is 26.1 Å². The van der Waals surface area contributed by atoms with Gasteiger partial charge in [0.2, 0.25) is 8.32 Å². The lowest BCUT2D eigenvalue weighted by Gasteiger charge is -2.21. The van der Waals surface area contributed by atoms with Crippen LogP contribution in [0.25, 0.3) is 0 Å². The van der Waals surface area contributed by atoms with Gasteiger partial charge in [-0.2, -0.15) is 0 Å². The van der Waals surface area contributed by atoms with Crippen molar-refractivity contribution >= 4 is 8.32 Å². The Balaban J connectivity index is 2.01. The molecule has 0 saturated carbocycles. The van der Waals surface area contributed by atoms with Gasteiger partial charge in [0, 0.05) is 6.61 Å². The third-order valence-corrected chi connectivity index (χ3v) is 3.66. The Bertz CT molecular complexity index is 134. The molecule has 1 saturated heterocycles. The van der Waals surface area contributed by atoms with Gasteiger partial charge in [-0.25, -0.2) is 0 Å². The second kappa shape index (κ2) is 4.37. The van der Waals surface area contributed by atoms with Crippen LogP contribution in [0, 0.1) is 0 Å². The zero-order valence-electron chi connectivity index (χ0n) is 8.13. The van der Waals surface area contributed by atoms with Gasteiger partial charge in [-0.15, -0.1) is 0 Å². The molecule has 1 aliphatic rings. The summed E-state index contributed by atoms with van der Waals surface area (Å²) in [6, 6.07) is 0. The van der Waals surface area contributed by atoms with Crippen LogP contribution in [0.15, 0.2) is 0 Å². The molecule has 1 unspecified atom stereocenters. The highest BCUT2D eigenvalue weighted by Gasteiger charge is 2.26. The molecule has 0 radical (unpaired) electrons. The van der Waals surface area contributed by atoms with Crippen LogP contribution in [0.3, 0.4) is 0 Å². The van der Waals surface area contributed by atoms with Crippen molar-refractivity contribution in [2.24, 2.45) is 0 Å². The van der Waals surface area contributed by atoms with Gasteiger partial charge in [0.15, 0.2) is 0 Å². The van der Waals surface area contributed by atoms with Gasteiger partial charge in [-0.05, 0) is 20.0 Å². The van der Waals surface area contributed by atoms with Crippen molar-refractivity contribution in [3.05, 3.63) is 0 Å². The maximum Gasteiger partial charge on any atom is 0.211 e. The van der Waals surface area contributed by atoms with Crippen LogP contribution in [0.2, 0.25) is 13.1 Å². The van der Waals surface area contributed by atoms with Crippen LogP contribution >= 0.6 is 0 Å². The second-order valence-electron chi connectivity index (χ2n) is 3.66. The molecular formula is C8H18O3Si. The minimum absolute atomic E-state index is 0.372. The van der Waals surface area contributed by atoms with Crippen LogP contribution < -0.4 is 0 Å². The van der Waals surface area contributed by atoms with Crippen molar-refractivity contribution in [3.8, 4) is 0 Å². The number of epoxide rings is 1. The van der Waals surface area contributed by atoms with Crippen molar-refractivity contribution < 1.29 is 13.9 Å². The maximum absolute atomic E-state index is 5.60. The third kappa shape index (κ3) is 4.20. The molecule has 1 aliphatic heterocycles. The largest absolute Gasteiger partial charge is 0.415 e. The molecule has 12 heavy (non-hydrogen) atoms. The normalized spacial score (nSPS) is 22.8.